The molecule has 3 heterocycles. The van der Waals surface area contributed by atoms with Gasteiger partial charge in [0.1, 0.15) is 11.8 Å². The van der Waals surface area contributed by atoms with Crippen LogP contribution in [0.3, 0.4) is 0 Å². The van der Waals surface area contributed by atoms with Gasteiger partial charge in [-0.05, 0) is 30.7 Å². The number of guanidine groups is 1. The van der Waals surface area contributed by atoms with Gasteiger partial charge in [0.25, 0.3) is 0 Å². The Balaban J connectivity index is 1.71. The van der Waals surface area contributed by atoms with Gasteiger partial charge in [0.2, 0.25) is 21.9 Å². The topological polar surface area (TPSA) is 102 Å². The number of thiophene rings is 1. The number of rotatable bonds is 3. The molecule has 1 aliphatic rings. The first-order valence-electron chi connectivity index (χ1n) is 8.32. The second kappa shape index (κ2) is 6.61. The molecule has 3 aromatic rings. The summed E-state index contributed by atoms with van der Waals surface area (Å²) < 4.78 is 31.2. The zero-order chi connectivity index (χ0) is 20.1. The van der Waals surface area contributed by atoms with Crippen molar-refractivity contribution in [3.05, 3.63) is 52.7 Å². The van der Waals surface area contributed by atoms with Crippen LogP contribution in [0.15, 0.2) is 52.2 Å². The summed E-state index contributed by atoms with van der Waals surface area (Å²) >= 11 is 7.88. The molecule has 0 saturated carbocycles. The van der Waals surface area contributed by atoms with E-state index in [-0.39, 0.29) is 11.7 Å². The minimum atomic E-state index is -3.56. The quantitative estimate of drug-likeness (QED) is 0.676. The molecule has 1 atom stereocenters. The fourth-order valence-electron chi connectivity index (χ4n) is 3.09. The Labute approximate surface area is 171 Å². The van der Waals surface area contributed by atoms with Crippen LogP contribution in [0.25, 0.3) is 21.9 Å². The van der Waals surface area contributed by atoms with Crippen molar-refractivity contribution in [1.29, 1.82) is 0 Å². The van der Waals surface area contributed by atoms with Crippen LogP contribution in [0, 0.1) is 0 Å². The lowest BCUT2D eigenvalue weighted by atomic mass is 10.0. The molecule has 10 heteroatoms. The third kappa shape index (κ3) is 3.19. The normalized spacial score (nSPS) is 21.5. The second-order valence-corrected chi connectivity index (χ2v) is 10.1. The lowest BCUT2D eigenvalue weighted by Crippen LogP contribution is -2.50. The van der Waals surface area contributed by atoms with Gasteiger partial charge in [-0.1, -0.05) is 23.7 Å². The number of aromatic nitrogens is 1. The minimum absolute atomic E-state index is 0.0462. The standard InChI is InChI=1S/C18H17ClN4O3S2/c1-18(10-28(24,25)23(2)17(20)22-18)15-13(19)9-14(27-15)11-3-5-12(6-4-11)16-21-7-8-26-16/h3-9H,10H2,1-2H3,(H2,20,22). The Hall–Kier alpha value is -2.36. The molecule has 0 amide bonds. The van der Waals surface area contributed by atoms with E-state index in [9.17, 15) is 8.42 Å². The maximum atomic E-state index is 12.4. The summed E-state index contributed by atoms with van der Waals surface area (Å²) in [6, 6.07) is 9.52. The molecule has 0 fully saturated rings. The average Bonchev–Trinajstić information content (AvgIpc) is 3.29. The summed E-state index contributed by atoms with van der Waals surface area (Å²) in [5.41, 5.74) is 6.62. The predicted octanol–water partition coefficient (Wildman–Crippen LogP) is 3.53. The fourth-order valence-corrected chi connectivity index (χ4v) is 6.26. The molecule has 1 unspecified atom stereocenters. The maximum Gasteiger partial charge on any atom is 0.239 e. The number of nitrogens with two attached hydrogens (primary N) is 1. The molecule has 2 aromatic heterocycles. The van der Waals surface area contributed by atoms with Crippen molar-refractivity contribution < 1.29 is 12.8 Å². The SMILES string of the molecule is CN1C(N)=NC(C)(c2sc(-c3ccc(-c4ncco4)cc3)cc2Cl)CS1(=O)=O. The van der Waals surface area contributed by atoms with E-state index in [0.29, 0.717) is 15.8 Å². The number of nitrogens with zero attached hydrogens (tertiary/aromatic N) is 3. The van der Waals surface area contributed by atoms with Crippen LogP contribution in [0.4, 0.5) is 0 Å². The van der Waals surface area contributed by atoms with E-state index in [2.05, 4.69) is 9.98 Å². The molecule has 146 valence electrons. The van der Waals surface area contributed by atoms with E-state index < -0.39 is 15.6 Å². The summed E-state index contributed by atoms with van der Waals surface area (Å²) in [6.45, 7) is 1.73. The highest BCUT2D eigenvalue weighted by Crippen LogP contribution is 2.44. The lowest BCUT2D eigenvalue weighted by molar-refractivity contribution is 0.482. The number of hydrogen-bond acceptors (Lipinski definition) is 7. The van der Waals surface area contributed by atoms with Crippen LogP contribution in [-0.4, -0.2) is 36.5 Å². The van der Waals surface area contributed by atoms with Crippen molar-refractivity contribution in [3.8, 4) is 21.9 Å². The first-order valence-corrected chi connectivity index (χ1v) is 11.1. The summed E-state index contributed by atoms with van der Waals surface area (Å²) in [7, 11) is -2.17. The van der Waals surface area contributed by atoms with Crippen LogP contribution in [-0.2, 0) is 15.6 Å². The Morgan fingerprint density at radius 3 is 2.57 bits per heavy atom. The third-order valence-electron chi connectivity index (χ3n) is 4.59. The van der Waals surface area contributed by atoms with Gasteiger partial charge in [-0.25, -0.2) is 22.7 Å². The molecule has 7 nitrogen and oxygen atoms in total. The van der Waals surface area contributed by atoms with Gasteiger partial charge in [0.15, 0.2) is 0 Å². The van der Waals surface area contributed by atoms with Crippen LogP contribution in [0.5, 0.6) is 0 Å². The zero-order valence-electron chi connectivity index (χ0n) is 15.1. The number of benzene rings is 1. The van der Waals surface area contributed by atoms with Gasteiger partial charge >= 0.3 is 0 Å². The van der Waals surface area contributed by atoms with E-state index in [1.807, 2.05) is 30.3 Å². The van der Waals surface area contributed by atoms with Crippen molar-refractivity contribution in [3.63, 3.8) is 0 Å². The van der Waals surface area contributed by atoms with Crippen molar-refractivity contribution in [2.45, 2.75) is 12.5 Å². The molecular weight excluding hydrogens is 420 g/mol. The van der Waals surface area contributed by atoms with Gasteiger partial charge in [0.05, 0.1) is 21.8 Å². The molecule has 0 saturated heterocycles. The van der Waals surface area contributed by atoms with Crippen LogP contribution in [0.2, 0.25) is 5.02 Å². The molecule has 4 rings (SSSR count). The van der Waals surface area contributed by atoms with Crippen LogP contribution in [0.1, 0.15) is 11.8 Å². The summed E-state index contributed by atoms with van der Waals surface area (Å²) in [5, 5.41) is 0.468. The Morgan fingerprint density at radius 2 is 1.96 bits per heavy atom. The number of aliphatic imine (C=N–C) groups is 1. The highest BCUT2D eigenvalue weighted by molar-refractivity contribution is 7.89. The second-order valence-electron chi connectivity index (χ2n) is 6.67. The van der Waals surface area contributed by atoms with Gasteiger partial charge in [-0.15, -0.1) is 11.3 Å². The van der Waals surface area contributed by atoms with Crippen molar-refractivity contribution >= 4 is 38.9 Å². The Morgan fingerprint density at radius 1 is 1.29 bits per heavy atom. The average molecular weight is 437 g/mol. The smallest absolute Gasteiger partial charge is 0.239 e. The first-order chi connectivity index (χ1) is 13.2. The largest absolute Gasteiger partial charge is 0.445 e. The highest BCUT2D eigenvalue weighted by atomic mass is 35.5. The monoisotopic (exact) mass is 436 g/mol. The fraction of sp³-hybridized carbons (Fsp3) is 0.222. The molecule has 0 radical (unpaired) electrons. The predicted molar refractivity (Wildman–Crippen MR) is 111 cm³/mol. The minimum Gasteiger partial charge on any atom is -0.445 e. The summed E-state index contributed by atoms with van der Waals surface area (Å²) in [5.74, 6) is 0.306. The van der Waals surface area contributed by atoms with Gasteiger partial charge in [0, 0.05) is 17.5 Å². The molecule has 1 aliphatic heterocycles. The van der Waals surface area contributed by atoms with Crippen LogP contribution < -0.4 is 5.73 Å². The summed E-state index contributed by atoms with van der Waals surface area (Å²) in [4.78, 5) is 10.1. The van der Waals surface area contributed by atoms with Crippen molar-refractivity contribution in [2.75, 3.05) is 12.8 Å². The molecule has 1 aromatic carbocycles. The van der Waals surface area contributed by atoms with Gasteiger partial charge in [-0.2, -0.15) is 0 Å². The van der Waals surface area contributed by atoms with Gasteiger partial charge < -0.3 is 10.2 Å². The number of oxazole rings is 1. The van der Waals surface area contributed by atoms with Crippen molar-refractivity contribution in [1.82, 2.24) is 9.29 Å². The Bertz CT molecular complexity index is 1150. The maximum absolute atomic E-state index is 12.4. The first kappa shape index (κ1) is 19.0. The number of hydrogen-bond donors (Lipinski definition) is 1. The summed E-state index contributed by atoms with van der Waals surface area (Å²) in [6.07, 6.45) is 3.12. The number of halogens is 1. The number of sulfonamides is 1. The molecule has 0 aliphatic carbocycles. The van der Waals surface area contributed by atoms with E-state index in [4.69, 9.17) is 21.8 Å². The van der Waals surface area contributed by atoms with E-state index in [0.717, 1.165) is 20.3 Å². The zero-order valence-corrected chi connectivity index (χ0v) is 17.5. The Kier molecular flexibility index (Phi) is 4.48. The molecule has 28 heavy (non-hydrogen) atoms. The third-order valence-corrected chi connectivity index (χ3v) is 8.39. The van der Waals surface area contributed by atoms with E-state index in [1.54, 1.807) is 13.1 Å². The van der Waals surface area contributed by atoms with E-state index in [1.165, 1.54) is 24.6 Å². The molecule has 2 N–H and O–H groups in total. The van der Waals surface area contributed by atoms with E-state index >= 15 is 0 Å². The molecular formula is C18H17ClN4O3S2. The molecule has 0 bridgehead atoms. The van der Waals surface area contributed by atoms with Crippen LogP contribution >= 0.6 is 22.9 Å². The highest BCUT2D eigenvalue weighted by Gasteiger charge is 2.42. The molecule has 0 spiro atoms. The lowest BCUT2D eigenvalue weighted by Gasteiger charge is -2.33. The van der Waals surface area contributed by atoms with Gasteiger partial charge in [-0.3, -0.25) is 0 Å². The van der Waals surface area contributed by atoms with Crippen molar-refractivity contribution in [2.24, 2.45) is 10.7 Å².